The minimum atomic E-state index is 0.956. The zero-order chi connectivity index (χ0) is 13.4. The smallest absolute Gasteiger partial charge is 0.0169 e. The number of rotatable bonds is 0. The van der Waals surface area contributed by atoms with E-state index in [0.29, 0.717) is 0 Å². The molecule has 4 rings (SSSR count). The second-order valence-electron chi connectivity index (χ2n) is 7.93. The maximum absolute atomic E-state index is 2.67. The van der Waals surface area contributed by atoms with Gasteiger partial charge in [0.15, 0.2) is 0 Å². The van der Waals surface area contributed by atoms with E-state index in [0.717, 1.165) is 29.6 Å². The average Bonchev–Trinajstić information content (AvgIpc) is 2.60. The molecule has 5 unspecified atom stereocenters. The number of hydrogen-bond acceptors (Lipinski definition) is 0. The summed E-state index contributed by atoms with van der Waals surface area (Å²) in [7, 11) is 0. The Bertz CT molecular complexity index is 402. The van der Waals surface area contributed by atoms with Crippen molar-refractivity contribution in [2.75, 3.05) is 0 Å². The van der Waals surface area contributed by atoms with Crippen molar-refractivity contribution in [1.82, 2.24) is 0 Å². The molecule has 0 aromatic carbocycles. The molecule has 5 atom stereocenters. The van der Waals surface area contributed by atoms with E-state index in [1.165, 1.54) is 64.2 Å². The number of hydrogen-bond donors (Lipinski definition) is 0. The highest BCUT2D eigenvalue weighted by molar-refractivity contribution is 5.17. The fourth-order valence-corrected chi connectivity index (χ4v) is 5.88. The maximum Gasteiger partial charge on any atom is -0.0169 e. The lowest BCUT2D eigenvalue weighted by molar-refractivity contribution is 0.129. The van der Waals surface area contributed by atoms with Crippen LogP contribution in [0.2, 0.25) is 0 Å². The van der Waals surface area contributed by atoms with Gasteiger partial charge in [0, 0.05) is 0 Å². The summed E-state index contributed by atoms with van der Waals surface area (Å²) in [4.78, 5) is 0. The largest absolute Gasteiger partial charge is 0.0882 e. The van der Waals surface area contributed by atoms with Crippen LogP contribution >= 0.6 is 0 Å². The molecule has 0 aliphatic heterocycles. The van der Waals surface area contributed by atoms with Crippen molar-refractivity contribution in [3.05, 3.63) is 23.8 Å². The van der Waals surface area contributed by atoms with Gasteiger partial charge in [-0.15, -0.1) is 0 Å². The second-order valence-corrected chi connectivity index (χ2v) is 7.93. The molecule has 4 aliphatic carbocycles. The van der Waals surface area contributed by atoms with Gasteiger partial charge in [0.2, 0.25) is 0 Å². The highest BCUT2D eigenvalue weighted by Gasteiger charge is 2.41. The van der Waals surface area contributed by atoms with Gasteiger partial charge in [-0.2, -0.15) is 0 Å². The van der Waals surface area contributed by atoms with E-state index >= 15 is 0 Å². The van der Waals surface area contributed by atoms with Gasteiger partial charge in [0.1, 0.15) is 0 Å². The Balaban J connectivity index is 1.74. The van der Waals surface area contributed by atoms with Gasteiger partial charge in [-0.1, -0.05) is 36.6 Å². The molecular weight excluding hydrogens is 240 g/mol. The Labute approximate surface area is 124 Å². The van der Waals surface area contributed by atoms with Gasteiger partial charge in [-0.3, -0.25) is 0 Å². The van der Waals surface area contributed by atoms with Crippen LogP contribution in [0.4, 0.5) is 0 Å². The monoisotopic (exact) mass is 270 g/mol. The maximum atomic E-state index is 2.67. The third kappa shape index (κ3) is 2.40. The van der Waals surface area contributed by atoms with Gasteiger partial charge >= 0.3 is 0 Å². The summed E-state index contributed by atoms with van der Waals surface area (Å²) >= 11 is 0. The van der Waals surface area contributed by atoms with Crippen molar-refractivity contribution < 1.29 is 0 Å². The Hall–Kier alpha value is -0.520. The minimum absolute atomic E-state index is 0.956. The first-order valence-corrected chi connectivity index (χ1v) is 9.25. The first-order chi connectivity index (χ1) is 9.92. The molecule has 0 heterocycles. The highest BCUT2D eigenvalue weighted by Crippen LogP contribution is 2.52. The number of allylic oxidation sites excluding steroid dienone is 4. The summed E-state index contributed by atoms with van der Waals surface area (Å²) in [5, 5.41) is 0. The molecule has 0 heteroatoms. The van der Waals surface area contributed by atoms with E-state index in [1.54, 1.807) is 6.42 Å². The first-order valence-electron chi connectivity index (χ1n) is 9.25. The van der Waals surface area contributed by atoms with Gasteiger partial charge in [0.25, 0.3) is 0 Å². The predicted octanol–water partition coefficient (Wildman–Crippen LogP) is 5.90. The van der Waals surface area contributed by atoms with Crippen LogP contribution in [0.25, 0.3) is 0 Å². The van der Waals surface area contributed by atoms with E-state index in [-0.39, 0.29) is 0 Å². The fourth-order valence-electron chi connectivity index (χ4n) is 5.88. The Morgan fingerprint density at radius 1 is 0.800 bits per heavy atom. The van der Waals surface area contributed by atoms with Crippen molar-refractivity contribution >= 4 is 0 Å². The standard InChI is InChI=1S/C20H30/c1-2-8-16-10-4-3-9-15(7-1)19-14-20(16)18-12-6-5-11-17(19)13-18/h1-2,11,15-16,18-20H,3-10,12-14H2. The molecule has 0 N–H and O–H groups in total. The van der Waals surface area contributed by atoms with Crippen LogP contribution in [-0.4, -0.2) is 0 Å². The lowest BCUT2D eigenvalue weighted by atomic mass is 9.62. The van der Waals surface area contributed by atoms with Gasteiger partial charge in [-0.25, -0.2) is 0 Å². The zero-order valence-electron chi connectivity index (χ0n) is 12.9. The average molecular weight is 270 g/mol. The van der Waals surface area contributed by atoms with Crippen LogP contribution in [0.15, 0.2) is 23.8 Å². The van der Waals surface area contributed by atoms with E-state index in [1.807, 2.05) is 5.57 Å². The summed E-state index contributed by atoms with van der Waals surface area (Å²) < 4.78 is 0. The normalized spacial score (nSPS) is 44.4. The van der Waals surface area contributed by atoms with Crippen molar-refractivity contribution in [2.24, 2.45) is 29.6 Å². The van der Waals surface area contributed by atoms with Crippen molar-refractivity contribution in [3.63, 3.8) is 0 Å². The molecule has 0 spiro atoms. The predicted molar refractivity (Wildman–Crippen MR) is 85.5 cm³/mol. The SMILES string of the molecule is C1=CCC2CCCCC(C1)C1CC2C2CCCC=C1C2. The zero-order valence-corrected chi connectivity index (χ0v) is 12.9. The number of fused-ring (bicyclic) bond motifs is 2. The van der Waals surface area contributed by atoms with Crippen LogP contribution in [0, 0.1) is 29.6 Å². The summed E-state index contributed by atoms with van der Waals surface area (Å²) in [6.45, 7) is 0. The lowest BCUT2D eigenvalue weighted by Gasteiger charge is -2.42. The molecular formula is C20H30. The Kier molecular flexibility index (Phi) is 3.75. The molecule has 4 aliphatic rings. The van der Waals surface area contributed by atoms with Crippen molar-refractivity contribution in [2.45, 2.75) is 70.6 Å². The second kappa shape index (κ2) is 5.70. The van der Waals surface area contributed by atoms with Gasteiger partial charge < -0.3 is 0 Å². The summed E-state index contributed by atoms with van der Waals surface area (Å²) in [5.74, 6) is 5.03. The highest BCUT2D eigenvalue weighted by atomic mass is 14.5. The van der Waals surface area contributed by atoms with E-state index < -0.39 is 0 Å². The van der Waals surface area contributed by atoms with Crippen LogP contribution in [0.5, 0.6) is 0 Å². The molecule has 0 aromatic heterocycles. The van der Waals surface area contributed by atoms with E-state index in [9.17, 15) is 0 Å². The lowest BCUT2D eigenvalue weighted by Crippen LogP contribution is -2.33. The molecule has 110 valence electrons. The molecule has 0 aromatic rings. The summed E-state index contributed by atoms with van der Waals surface area (Å²) in [6.07, 6.45) is 23.9. The third-order valence-corrected chi connectivity index (χ3v) is 6.91. The van der Waals surface area contributed by atoms with Crippen molar-refractivity contribution in [3.8, 4) is 0 Å². The molecule has 0 saturated heterocycles. The fraction of sp³-hybridized carbons (Fsp3) is 0.800. The summed E-state index contributed by atoms with van der Waals surface area (Å²) in [6, 6.07) is 0. The van der Waals surface area contributed by atoms with Crippen LogP contribution in [0.1, 0.15) is 70.6 Å². The van der Waals surface area contributed by atoms with Gasteiger partial charge in [0.05, 0.1) is 0 Å². The Morgan fingerprint density at radius 2 is 1.55 bits per heavy atom. The van der Waals surface area contributed by atoms with E-state index in [2.05, 4.69) is 18.2 Å². The first kappa shape index (κ1) is 13.2. The van der Waals surface area contributed by atoms with Gasteiger partial charge in [-0.05, 0) is 87.4 Å². The third-order valence-electron chi connectivity index (χ3n) is 6.91. The topological polar surface area (TPSA) is 0 Å². The molecule has 0 radical (unpaired) electrons. The summed E-state index contributed by atoms with van der Waals surface area (Å²) in [5.41, 5.74) is 1.89. The molecule has 2 fully saturated rings. The van der Waals surface area contributed by atoms with Crippen LogP contribution in [-0.2, 0) is 0 Å². The molecule has 0 amide bonds. The molecule has 2 saturated carbocycles. The minimum Gasteiger partial charge on any atom is -0.0882 e. The van der Waals surface area contributed by atoms with Crippen molar-refractivity contribution in [1.29, 1.82) is 0 Å². The molecule has 0 nitrogen and oxygen atoms in total. The van der Waals surface area contributed by atoms with Crippen LogP contribution < -0.4 is 0 Å². The Morgan fingerprint density at radius 3 is 2.45 bits per heavy atom. The van der Waals surface area contributed by atoms with Crippen LogP contribution in [0.3, 0.4) is 0 Å². The molecule has 6 bridgehead atoms. The van der Waals surface area contributed by atoms with E-state index in [4.69, 9.17) is 0 Å². The molecule has 20 heavy (non-hydrogen) atoms. The quantitative estimate of drug-likeness (QED) is 0.481.